The van der Waals surface area contributed by atoms with Crippen molar-refractivity contribution in [3.05, 3.63) is 93.5 Å². The largest absolute Gasteiger partial charge is 0.481 e. The molecular weight excluding hydrogens is 500 g/mol. The summed E-state index contributed by atoms with van der Waals surface area (Å²) in [5, 5.41) is 19.1. The van der Waals surface area contributed by atoms with Crippen LogP contribution in [0.4, 0.5) is 0 Å². The lowest BCUT2D eigenvalue weighted by molar-refractivity contribution is -0.141. The Morgan fingerprint density at radius 1 is 0.950 bits per heavy atom. The van der Waals surface area contributed by atoms with E-state index in [1.54, 1.807) is 6.92 Å². The van der Waals surface area contributed by atoms with Crippen molar-refractivity contribution in [2.45, 2.75) is 71.4 Å². The number of aliphatic carboxylic acids is 1. The third-order valence-electron chi connectivity index (χ3n) is 8.88. The van der Waals surface area contributed by atoms with Gasteiger partial charge in [-0.15, -0.1) is 5.10 Å². The van der Waals surface area contributed by atoms with E-state index in [1.807, 2.05) is 34.7 Å². The summed E-state index contributed by atoms with van der Waals surface area (Å²) < 4.78 is 1.98. The lowest BCUT2D eigenvalue weighted by Gasteiger charge is -2.31. The van der Waals surface area contributed by atoms with Gasteiger partial charge in [-0.3, -0.25) is 9.59 Å². The molecule has 0 radical (unpaired) electrons. The summed E-state index contributed by atoms with van der Waals surface area (Å²) >= 11 is 0. The number of carboxylic acids is 1. The molecule has 0 saturated carbocycles. The second-order valence-corrected chi connectivity index (χ2v) is 11.4. The van der Waals surface area contributed by atoms with Crippen LogP contribution >= 0.6 is 0 Å². The summed E-state index contributed by atoms with van der Waals surface area (Å²) in [6, 6.07) is 18.5. The van der Waals surface area contributed by atoms with Crippen LogP contribution in [0.25, 0.3) is 11.0 Å². The summed E-state index contributed by atoms with van der Waals surface area (Å²) in [6.45, 7) is 5.80. The minimum Gasteiger partial charge on any atom is -0.481 e. The van der Waals surface area contributed by atoms with Crippen LogP contribution in [-0.2, 0) is 30.7 Å². The Morgan fingerprint density at radius 2 is 1.75 bits per heavy atom. The van der Waals surface area contributed by atoms with E-state index < -0.39 is 11.9 Å². The molecule has 1 N–H and O–H groups in total. The highest BCUT2D eigenvalue weighted by molar-refractivity contribution is 5.94. The fourth-order valence-corrected chi connectivity index (χ4v) is 6.45. The van der Waals surface area contributed by atoms with Gasteiger partial charge in [0.1, 0.15) is 5.52 Å². The van der Waals surface area contributed by atoms with E-state index in [2.05, 4.69) is 46.7 Å². The van der Waals surface area contributed by atoms with Crippen LogP contribution in [0.1, 0.15) is 82.3 Å². The van der Waals surface area contributed by atoms with E-state index in [-0.39, 0.29) is 11.8 Å². The van der Waals surface area contributed by atoms with Crippen molar-refractivity contribution in [2.75, 3.05) is 6.54 Å². The minimum atomic E-state index is -0.840. The SMILES string of the molecule is Cc1c2ccc3c1nnn3CCCCCCc1ccc(cc1)C(=O)N1CCc3ccc(cc3C1)[C@@H]2[C@@H](C)C(=O)O. The van der Waals surface area contributed by atoms with E-state index in [1.165, 1.54) is 11.1 Å². The number of carboxylic acid groups (broad SMARTS) is 1. The Kier molecular flexibility index (Phi) is 7.13. The van der Waals surface area contributed by atoms with Gasteiger partial charge in [0.05, 0.1) is 11.4 Å². The second kappa shape index (κ2) is 10.9. The number of nitrogens with zero attached hydrogens (tertiary/aromatic N) is 4. The van der Waals surface area contributed by atoms with Crippen molar-refractivity contribution < 1.29 is 14.7 Å². The molecule has 5 aliphatic rings. The third-order valence-corrected chi connectivity index (χ3v) is 8.88. The maximum atomic E-state index is 13.4. The van der Waals surface area contributed by atoms with Crippen molar-refractivity contribution >= 4 is 22.9 Å². The maximum absolute atomic E-state index is 13.4. The quantitative estimate of drug-likeness (QED) is 0.344. The van der Waals surface area contributed by atoms with Gasteiger partial charge in [-0.1, -0.05) is 61.4 Å². The predicted molar refractivity (Wildman–Crippen MR) is 154 cm³/mol. The molecule has 1 aromatic heterocycles. The van der Waals surface area contributed by atoms with E-state index in [0.717, 1.165) is 83.9 Å². The maximum Gasteiger partial charge on any atom is 0.307 e. The van der Waals surface area contributed by atoms with E-state index >= 15 is 0 Å². The summed E-state index contributed by atoms with van der Waals surface area (Å²) in [6.07, 6.45) is 6.18. The Balaban J connectivity index is 1.44. The molecule has 9 bridgehead atoms. The van der Waals surface area contributed by atoms with Gasteiger partial charge in [0, 0.05) is 31.1 Å². The summed E-state index contributed by atoms with van der Waals surface area (Å²) in [5.41, 5.74) is 8.99. The molecular formula is C33H36N4O3. The first kappa shape index (κ1) is 26.2. The molecule has 9 rings (SSSR count). The summed E-state index contributed by atoms with van der Waals surface area (Å²) in [5.74, 6) is -1.79. The Bertz CT molecular complexity index is 1570. The average molecular weight is 537 g/mol. The molecule has 0 spiro atoms. The Morgan fingerprint density at radius 3 is 2.55 bits per heavy atom. The topological polar surface area (TPSA) is 88.3 Å². The smallest absolute Gasteiger partial charge is 0.307 e. The molecule has 7 nitrogen and oxygen atoms in total. The molecule has 0 aliphatic carbocycles. The van der Waals surface area contributed by atoms with Gasteiger partial charge in [0.25, 0.3) is 5.91 Å². The molecule has 6 heterocycles. The van der Waals surface area contributed by atoms with Gasteiger partial charge >= 0.3 is 5.97 Å². The van der Waals surface area contributed by atoms with Gasteiger partial charge in [0.2, 0.25) is 0 Å². The highest BCUT2D eigenvalue weighted by Crippen LogP contribution is 2.38. The highest BCUT2D eigenvalue weighted by Gasteiger charge is 2.31. The van der Waals surface area contributed by atoms with Crippen molar-refractivity contribution in [3.63, 3.8) is 0 Å². The number of rotatable bonds is 2. The molecule has 206 valence electrons. The van der Waals surface area contributed by atoms with E-state index in [9.17, 15) is 14.7 Å². The molecule has 2 atom stereocenters. The van der Waals surface area contributed by atoms with E-state index in [4.69, 9.17) is 0 Å². The first-order valence-electron chi connectivity index (χ1n) is 14.5. The molecule has 0 fully saturated rings. The fourth-order valence-electron chi connectivity index (χ4n) is 6.45. The van der Waals surface area contributed by atoms with Crippen LogP contribution in [-0.4, -0.2) is 43.4 Å². The number of hydrogen-bond donors (Lipinski definition) is 1. The monoisotopic (exact) mass is 536 g/mol. The zero-order valence-corrected chi connectivity index (χ0v) is 23.3. The van der Waals surface area contributed by atoms with Gasteiger partial charge in [-0.25, -0.2) is 4.68 Å². The van der Waals surface area contributed by atoms with Gasteiger partial charge in [-0.05, 0) is 84.2 Å². The highest BCUT2D eigenvalue weighted by atomic mass is 16.4. The van der Waals surface area contributed by atoms with Crippen molar-refractivity contribution in [1.82, 2.24) is 19.9 Å². The van der Waals surface area contributed by atoms with Crippen LogP contribution in [0.2, 0.25) is 0 Å². The number of hydrogen-bond acceptors (Lipinski definition) is 4. The summed E-state index contributed by atoms with van der Waals surface area (Å²) in [4.78, 5) is 27.7. The van der Waals surface area contributed by atoms with Crippen LogP contribution in [0.5, 0.6) is 0 Å². The normalized spacial score (nSPS) is 18.7. The van der Waals surface area contributed by atoms with Crippen LogP contribution < -0.4 is 0 Å². The number of carbonyl (C=O) groups excluding carboxylic acids is 1. The number of aryl methyl sites for hydroxylation is 3. The Hall–Kier alpha value is -4.00. The lowest BCUT2D eigenvalue weighted by atomic mass is 9.78. The van der Waals surface area contributed by atoms with Gasteiger partial charge < -0.3 is 10.0 Å². The van der Waals surface area contributed by atoms with Gasteiger partial charge in [-0.2, -0.15) is 0 Å². The van der Waals surface area contributed by atoms with Crippen LogP contribution in [0.3, 0.4) is 0 Å². The van der Waals surface area contributed by atoms with Crippen molar-refractivity contribution in [3.8, 4) is 0 Å². The number of amides is 1. The Labute approximate surface area is 234 Å². The molecule has 0 unspecified atom stereocenters. The molecule has 0 saturated heterocycles. The van der Waals surface area contributed by atoms with Crippen LogP contribution in [0, 0.1) is 12.8 Å². The van der Waals surface area contributed by atoms with Crippen LogP contribution in [0.15, 0.2) is 54.6 Å². The number of benzene rings is 3. The van der Waals surface area contributed by atoms with E-state index in [0.29, 0.717) is 13.1 Å². The second-order valence-electron chi connectivity index (χ2n) is 11.4. The van der Waals surface area contributed by atoms with Gasteiger partial charge in [0.15, 0.2) is 0 Å². The third kappa shape index (κ3) is 4.89. The predicted octanol–water partition coefficient (Wildman–Crippen LogP) is 5.91. The zero-order chi connectivity index (χ0) is 27.8. The molecule has 3 aromatic carbocycles. The number of aromatic nitrogens is 3. The molecule has 5 aliphatic heterocycles. The molecule has 7 heteroatoms. The molecule has 4 aromatic rings. The minimum absolute atomic E-state index is 0.0459. The first-order chi connectivity index (χ1) is 19.4. The zero-order valence-electron chi connectivity index (χ0n) is 23.3. The lowest BCUT2D eigenvalue weighted by Crippen LogP contribution is -2.36. The fraction of sp³-hybridized carbons (Fsp3) is 0.394. The first-order valence-corrected chi connectivity index (χ1v) is 14.5. The molecule has 1 amide bonds. The number of carbonyl (C=O) groups is 2. The average Bonchev–Trinajstić information content (AvgIpc) is 3.39. The molecule has 40 heavy (non-hydrogen) atoms. The summed E-state index contributed by atoms with van der Waals surface area (Å²) in [7, 11) is 0. The van der Waals surface area contributed by atoms with Crippen molar-refractivity contribution in [2.24, 2.45) is 5.92 Å². The standard InChI is InChI=1S/C33H36N4O3/c1-21-28-14-15-29-31(21)34-35-37(29)17-6-4-3-5-7-23-8-10-25(11-9-23)32(38)36-18-16-24-12-13-26(19-27(24)20-36)30(28)22(2)33(39)40/h8-15,19,22,30H,3-7,16-18,20H2,1-2H3,(H,39,40)/t22-,30+/m1/s1. The van der Waals surface area contributed by atoms with Crippen molar-refractivity contribution in [1.29, 1.82) is 0 Å².